The third-order valence-corrected chi connectivity index (χ3v) is 5.86. The van der Waals surface area contributed by atoms with Gasteiger partial charge in [0.05, 0.1) is 25.5 Å². The second kappa shape index (κ2) is 9.51. The fourth-order valence-electron chi connectivity index (χ4n) is 2.34. The molecule has 150 valence electrons. The van der Waals surface area contributed by atoms with E-state index in [2.05, 4.69) is 22.1 Å². The van der Waals surface area contributed by atoms with Crippen molar-refractivity contribution in [2.75, 3.05) is 25.3 Å². The molecule has 0 aliphatic carbocycles. The van der Waals surface area contributed by atoms with Gasteiger partial charge in [0, 0.05) is 6.54 Å². The summed E-state index contributed by atoms with van der Waals surface area (Å²) in [4.78, 5) is 36.6. The van der Waals surface area contributed by atoms with Crippen LogP contribution in [-0.2, 0) is 20.8 Å². The van der Waals surface area contributed by atoms with Crippen molar-refractivity contribution in [1.82, 2.24) is 14.8 Å². The highest BCUT2D eigenvalue weighted by atomic mass is 32.2. The predicted octanol–water partition coefficient (Wildman–Crippen LogP) is 2.45. The molecule has 0 radical (unpaired) electrons. The van der Waals surface area contributed by atoms with Gasteiger partial charge < -0.3 is 19.4 Å². The lowest BCUT2D eigenvalue weighted by atomic mass is 10.1. The van der Waals surface area contributed by atoms with E-state index in [-0.39, 0.29) is 27.1 Å². The van der Waals surface area contributed by atoms with Crippen LogP contribution in [-0.4, -0.2) is 52.6 Å². The number of amides is 1. The lowest BCUT2D eigenvalue weighted by molar-refractivity contribution is -0.113. The quantitative estimate of drug-likeness (QED) is 0.391. The molecule has 2 aromatic heterocycles. The Morgan fingerprint density at radius 1 is 1.21 bits per heavy atom. The Kier molecular flexibility index (Phi) is 7.35. The molecule has 0 unspecified atom stereocenters. The van der Waals surface area contributed by atoms with Gasteiger partial charge in [0.1, 0.15) is 15.7 Å². The Balaban J connectivity index is 2.18. The number of hydrogen-bond donors (Lipinski definition) is 1. The zero-order chi connectivity index (χ0) is 20.8. The van der Waals surface area contributed by atoms with Gasteiger partial charge in [-0.3, -0.25) is 4.79 Å². The summed E-state index contributed by atoms with van der Waals surface area (Å²) in [6, 6.07) is 0. The number of nitrogens with one attached hydrogen (secondary N) is 1. The van der Waals surface area contributed by atoms with E-state index in [0.29, 0.717) is 23.1 Å². The van der Waals surface area contributed by atoms with E-state index in [1.54, 1.807) is 13.0 Å². The summed E-state index contributed by atoms with van der Waals surface area (Å²) in [5, 5.41) is 11.5. The first kappa shape index (κ1) is 21.6. The van der Waals surface area contributed by atoms with Gasteiger partial charge in [0.2, 0.25) is 5.91 Å². The van der Waals surface area contributed by atoms with Crippen LogP contribution in [0.1, 0.15) is 31.4 Å². The van der Waals surface area contributed by atoms with E-state index in [1.807, 2.05) is 11.5 Å². The fourth-order valence-corrected chi connectivity index (χ4v) is 4.26. The maximum Gasteiger partial charge on any atom is 0.348 e. The SMILES string of the molecule is C=CCn1c(C)nnc1SCC(=O)Nc1sc(C(=O)OC)c(C)c1C(=O)OC. The maximum atomic E-state index is 12.4. The van der Waals surface area contributed by atoms with Gasteiger partial charge >= 0.3 is 11.9 Å². The van der Waals surface area contributed by atoms with Crippen molar-refractivity contribution in [3.05, 3.63) is 34.5 Å². The van der Waals surface area contributed by atoms with Gasteiger partial charge in [0.15, 0.2) is 5.16 Å². The largest absolute Gasteiger partial charge is 0.465 e. The van der Waals surface area contributed by atoms with Crippen LogP contribution in [0.3, 0.4) is 0 Å². The highest BCUT2D eigenvalue weighted by Gasteiger charge is 2.26. The highest BCUT2D eigenvalue weighted by molar-refractivity contribution is 7.99. The molecule has 1 amide bonds. The third-order valence-electron chi connectivity index (χ3n) is 3.71. The third kappa shape index (κ3) is 4.60. The fraction of sp³-hybridized carbons (Fsp3) is 0.353. The summed E-state index contributed by atoms with van der Waals surface area (Å²) >= 11 is 2.17. The van der Waals surface area contributed by atoms with Crippen molar-refractivity contribution in [1.29, 1.82) is 0 Å². The van der Waals surface area contributed by atoms with Crippen molar-refractivity contribution in [3.8, 4) is 0 Å². The zero-order valence-corrected chi connectivity index (χ0v) is 17.5. The van der Waals surface area contributed by atoms with E-state index in [1.165, 1.54) is 26.0 Å². The smallest absolute Gasteiger partial charge is 0.348 e. The molecule has 0 aromatic carbocycles. The molecule has 0 saturated carbocycles. The zero-order valence-electron chi connectivity index (χ0n) is 15.9. The van der Waals surface area contributed by atoms with Crippen molar-refractivity contribution >= 4 is 45.9 Å². The minimum atomic E-state index is -0.645. The number of methoxy groups -OCH3 is 2. The molecular formula is C17H20N4O5S2. The van der Waals surface area contributed by atoms with Gasteiger partial charge in [-0.15, -0.1) is 28.1 Å². The lowest BCUT2D eigenvalue weighted by Gasteiger charge is -2.07. The first-order chi connectivity index (χ1) is 13.3. The van der Waals surface area contributed by atoms with Gasteiger partial charge in [-0.05, 0) is 19.4 Å². The Morgan fingerprint density at radius 2 is 1.89 bits per heavy atom. The van der Waals surface area contributed by atoms with Crippen LogP contribution >= 0.6 is 23.1 Å². The molecule has 0 saturated heterocycles. The van der Waals surface area contributed by atoms with Crippen molar-refractivity contribution < 1.29 is 23.9 Å². The monoisotopic (exact) mass is 424 g/mol. The van der Waals surface area contributed by atoms with Gasteiger partial charge in [-0.25, -0.2) is 9.59 Å². The van der Waals surface area contributed by atoms with Crippen molar-refractivity contribution in [2.24, 2.45) is 0 Å². The number of carbonyl (C=O) groups excluding carboxylic acids is 3. The van der Waals surface area contributed by atoms with E-state index in [4.69, 9.17) is 9.47 Å². The molecule has 0 atom stereocenters. The molecule has 0 spiro atoms. The molecule has 0 aliphatic heterocycles. The van der Waals surface area contributed by atoms with Crippen LogP contribution in [0.2, 0.25) is 0 Å². The number of rotatable bonds is 8. The van der Waals surface area contributed by atoms with E-state index in [9.17, 15) is 14.4 Å². The first-order valence-electron chi connectivity index (χ1n) is 8.07. The van der Waals surface area contributed by atoms with Crippen LogP contribution in [0.15, 0.2) is 17.8 Å². The normalized spacial score (nSPS) is 10.4. The summed E-state index contributed by atoms with van der Waals surface area (Å²) in [7, 11) is 2.48. The second-order valence-electron chi connectivity index (χ2n) is 5.51. The number of aryl methyl sites for hydroxylation is 1. The number of ether oxygens (including phenoxy) is 2. The van der Waals surface area contributed by atoms with Crippen molar-refractivity contribution in [3.63, 3.8) is 0 Å². The van der Waals surface area contributed by atoms with Crippen LogP contribution in [0.5, 0.6) is 0 Å². The number of aromatic nitrogens is 3. The van der Waals surface area contributed by atoms with E-state index < -0.39 is 11.9 Å². The summed E-state index contributed by atoms with van der Waals surface area (Å²) in [5.41, 5.74) is 0.532. The molecule has 1 N–H and O–H groups in total. The predicted molar refractivity (Wildman–Crippen MR) is 106 cm³/mol. The summed E-state index contributed by atoms with van der Waals surface area (Å²) in [6.07, 6.45) is 1.71. The molecule has 2 rings (SSSR count). The van der Waals surface area contributed by atoms with E-state index >= 15 is 0 Å². The van der Waals surface area contributed by atoms with Crippen LogP contribution in [0, 0.1) is 13.8 Å². The van der Waals surface area contributed by atoms with Gasteiger partial charge in [0.25, 0.3) is 0 Å². The number of hydrogen-bond acceptors (Lipinski definition) is 9. The topological polar surface area (TPSA) is 112 Å². The molecule has 11 heteroatoms. The number of esters is 2. The maximum absolute atomic E-state index is 12.4. The summed E-state index contributed by atoms with van der Waals surface area (Å²) < 4.78 is 11.3. The second-order valence-corrected chi connectivity index (χ2v) is 7.47. The Hall–Kier alpha value is -2.66. The minimum Gasteiger partial charge on any atom is -0.465 e. The molecule has 2 aromatic rings. The number of nitrogens with zero attached hydrogens (tertiary/aromatic N) is 3. The Bertz CT molecular complexity index is 919. The number of anilines is 1. The highest BCUT2D eigenvalue weighted by Crippen LogP contribution is 2.34. The molecule has 28 heavy (non-hydrogen) atoms. The standard InChI is InChI=1S/C17H20N4O5S2/c1-6-7-21-10(3)19-20-17(21)27-8-11(22)18-14-12(15(23)25-4)9(2)13(28-14)16(24)26-5/h6H,1,7-8H2,2-5H3,(H,18,22). The molecule has 9 nitrogen and oxygen atoms in total. The van der Waals surface area contributed by atoms with Crippen molar-refractivity contribution in [2.45, 2.75) is 25.5 Å². The van der Waals surface area contributed by atoms with E-state index in [0.717, 1.165) is 11.3 Å². The van der Waals surface area contributed by atoms with Crippen LogP contribution in [0.4, 0.5) is 5.00 Å². The molecule has 0 bridgehead atoms. The Morgan fingerprint density at radius 3 is 2.50 bits per heavy atom. The number of thioether (sulfide) groups is 1. The average molecular weight is 425 g/mol. The average Bonchev–Trinajstić information content (AvgIpc) is 3.19. The number of carbonyl (C=O) groups is 3. The summed E-state index contributed by atoms with van der Waals surface area (Å²) in [6.45, 7) is 7.63. The van der Waals surface area contributed by atoms with Gasteiger partial charge in [-0.1, -0.05) is 17.8 Å². The first-order valence-corrected chi connectivity index (χ1v) is 9.87. The number of thiophene rings is 1. The molecule has 0 aliphatic rings. The Labute approximate surface area is 170 Å². The number of allylic oxidation sites excluding steroid dienone is 1. The molecular weight excluding hydrogens is 404 g/mol. The lowest BCUT2D eigenvalue weighted by Crippen LogP contribution is -2.16. The summed E-state index contributed by atoms with van der Waals surface area (Å²) in [5.74, 6) is -0.838. The van der Waals surface area contributed by atoms with Gasteiger partial charge in [-0.2, -0.15) is 0 Å². The minimum absolute atomic E-state index is 0.0421. The molecule has 0 fully saturated rings. The van der Waals surface area contributed by atoms with Crippen LogP contribution in [0.25, 0.3) is 0 Å². The molecule has 2 heterocycles. The van der Waals surface area contributed by atoms with Crippen LogP contribution < -0.4 is 5.32 Å².